The Morgan fingerprint density at radius 2 is 1.92 bits per heavy atom. The van der Waals surface area contributed by atoms with Crippen LogP contribution >= 0.6 is 27.3 Å². The second kappa shape index (κ2) is 6.26. The van der Waals surface area contributed by atoms with Crippen LogP contribution in [-0.2, 0) is 10.0 Å². The molecule has 0 aliphatic heterocycles. The minimum absolute atomic E-state index is 0.0342. The summed E-state index contributed by atoms with van der Waals surface area (Å²) in [7, 11) is -3.93. The summed E-state index contributed by atoms with van der Waals surface area (Å²) in [4.78, 5) is 8.51. The van der Waals surface area contributed by atoms with Crippen molar-refractivity contribution in [2.75, 3.05) is 0 Å². The number of thiazole rings is 1. The van der Waals surface area contributed by atoms with E-state index in [1.807, 2.05) is 6.92 Å². The first-order chi connectivity index (χ1) is 12.4. The Balaban J connectivity index is 2.02. The lowest BCUT2D eigenvalue weighted by Gasteiger charge is -2.07. The summed E-state index contributed by atoms with van der Waals surface area (Å²) in [5.74, 6) is -0.547. The monoisotopic (exact) mass is 451 g/mol. The minimum Gasteiger partial charge on any atom is -0.237 e. The molecule has 0 atom stereocenters. The number of aromatic nitrogens is 3. The second-order valence-corrected chi connectivity index (χ2v) is 9.11. The van der Waals surface area contributed by atoms with Crippen molar-refractivity contribution in [3.05, 3.63) is 64.1 Å². The van der Waals surface area contributed by atoms with Gasteiger partial charge in [0.05, 0.1) is 10.3 Å². The molecule has 3 aromatic heterocycles. The van der Waals surface area contributed by atoms with Crippen molar-refractivity contribution in [3.63, 3.8) is 0 Å². The Morgan fingerprint density at radius 1 is 1.19 bits per heavy atom. The third-order valence-electron chi connectivity index (χ3n) is 3.89. The van der Waals surface area contributed by atoms with Gasteiger partial charge in [-0.3, -0.25) is 0 Å². The Labute approximate surface area is 161 Å². The molecule has 0 fully saturated rings. The minimum atomic E-state index is -3.93. The van der Waals surface area contributed by atoms with Crippen LogP contribution in [0.4, 0.5) is 4.39 Å². The number of pyridine rings is 1. The maximum Gasteiger partial charge on any atom is 0.269 e. The molecule has 0 amide bonds. The summed E-state index contributed by atoms with van der Waals surface area (Å²) >= 11 is 4.55. The SMILES string of the molecule is Cc1ccc(S(=O)(=O)n2cc(-c3nc(Br)cs3)c3c(F)ccnc32)cc1. The summed E-state index contributed by atoms with van der Waals surface area (Å²) in [6.07, 6.45) is 2.63. The van der Waals surface area contributed by atoms with Crippen LogP contribution in [0.3, 0.4) is 0 Å². The summed E-state index contributed by atoms with van der Waals surface area (Å²) < 4.78 is 42.3. The predicted molar refractivity (Wildman–Crippen MR) is 102 cm³/mol. The van der Waals surface area contributed by atoms with Crippen molar-refractivity contribution in [2.24, 2.45) is 0 Å². The van der Waals surface area contributed by atoms with Gasteiger partial charge in [-0.2, -0.15) is 0 Å². The summed E-state index contributed by atoms with van der Waals surface area (Å²) in [6, 6.07) is 7.68. The Morgan fingerprint density at radius 3 is 2.58 bits per heavy atom. The van der Waals surface area contributed by atoms with Gasteiger partial charge in [0.25, 0.3) is 10.0 Å². The first-order valence-electron chi connectivity index (χ1n) is 7.47. The molecule has 1 aromatic carbocycles. The molecule has 0 saturated heterocycles. The molecule has 5 nitrogen and oxygen atoms in total. The highest BCUT2D eigenvalue weighted by Gasteiger charge is 2.25. The average molecular weight is 452 g/mol. The number of hydrogen-bond acceptors (Lipinski definition) is 5. The molecule has 0 aliphatic rings. The first kappa shape index (κ1) is 17.3. The number of fused-ring (bicyclic) bond motifs is 1. The van der Waals surface area contributed by atoms with E-state index in [2.05, 4.69) is 25.9 Å². The number of benzene rings is 1. The molecule has 4 aromatic rings. The molecule has 0 radical (unpaired) electrons. The third kappa shape index (κ3) is 2.76. The summed E-state index contributed by atoms with van der Waals surface area (Å²) in [6.45, 7) is 1.87. The molecular formula is C17H11BrFN3O2S2. The van der Waals surface area contributed by atoms with Crippen LogP contribution in [0.25, 0.3) is 21.6 Å². The average Bonchev–Trinajstić information content (AvgIpc) is 3.20. The molecule has 0 aliphatic carbocycles. The lowest BCUT2D eigenvalue weighted by atomic mass is 10.2. The predicted octanol–water partition coefficient (Wildman–Crippen LogP) is 4.61. The molecule has 4 rings (SSSR count). The van der Waals surface area contributed by atoms with E-state index in [1.165, 1.54) is 41.9 Å². The molecule has 0 saturated carbocycles. The highest BCUT2D eigenvalue weighted by molar-refractivity contribution is 9.10. The molecule has 9 heteroatoms. The van der Waals surface area contributed by atoms with E-state index < -0.39 is 15.8 Å². The van der Waals surface area contributed by atoms with E-state index in [0.29, 0.717) is 15.2 Å². The molecule has 3 heterocycles. The molecule has 0 spiro atoms. The number of nitrogens with zero attached hydrogens (tertiary/aromatic N) is 3. The lowest BCUT2D eigenvalue weighted by Crippen LogP contribution is -2.12. The van der Waals surface area contributed by atoms with E-state index in [4.69, 9.17) is 0 Å². The highest BCUT2D eigenvalue weighted by atomic mass is 79.9. The van der Waals surface area contributed by atoms with Gasteiger partial charge in [0.1, 0.15) is 15.4 Å². The quantitative estimate of drug-likeness (QED) is 0.456. The third-order valence-corrected chi connectivity index (χ3v) is 7.14. The van der Waals surface area contributed by atoms with Crippen molar-refractivity contribution in [1.82, 2.24) is 13.9 Å². The van der Waals surface area contributed by atoms with Crippen molar-refractivity contribution in [1.29, 1.82) is 0 Å². The van der Waals surface area contributed by atoms with Gasteiger partial charge >= 0.3 is 0 Å². The Hall–Kier alpha value is -2.10. The standard InChI is InChI=1S/C17H11BrFN3O2S2/c1-10-2-4-11(5-3-10)26(23,24)22-8-12(17-21-14(18)9-25-17)15-13(19)6-7-20-16(15)22/h2-9H,1H3. The van der Waals surface area contributed by atoms with Crippen molar-refractivity contribution >= 4 is 48.3 Å². The number of halogens is 2. The first-order valence-corrected chi connectivity index (χ1v) is 10.6. The van der Waals surface area contributed by atoms with Crippen LogP contribution in [0.15, 0.2) is 57.6 Å². The smallest absolute Gasteiger partial charge is 0.237 e. The van der Waals surface area contributed by atoms with Crippen LogP contribution in [0.1, 0.15) is 5.56 Å². The maximum absolute atomic E-state index is 14.5. The fraction of sp³-hybridized carbons (Fsp3) is 0.0588. The molecule has 0 bridgehead atoms. The van der Waals surface area contributed by atoms with Crippen molar-refractivity contribution in [2.45, 2.75) is 11.8 Å². The van der Waals surface area contributed by atoms with E-state index in [0.717, 1.165) is 9.54 Å². The van der Waals surface area contributed by atoms with E-state index in [1.54, 1.807) is 17.5 Å². The molecule has 0 N–H and O–H groups in total. The van der Waals surface area contributed by atoms with Crippen molar-refractivity contribution in [3.8, 4) is 10.6 Å². The maximum atomic E-state index is 14.5. The van der Waals surface area contributed by atoms with Gasteiger partial charge in [-0.05, 0) is 41.1 Å². The largest absolute Gasteiger partial charge is 0.269 e. The van der Waals surface area contributed by atoms with Gasteiger partial charge < -0.3 is 0 Å². The van der Waals surface area contributed by atoms with Gasteiger partial charge in [-0.15, -0.1) is 11.3 Å². The van der Waals surface area contributed by atoms with Gasteiger partial charge in [-0.1, -0.05) is 17.7 Å². The Bertz CT molecular complexity index is 1230. The molecule has 0 unspecified atom stereocenters. The zero-order valence-electron chi connectivity index (χ0n) is 13.3. The van der Waals surface area contributed by atoms with E-state index >= 15 is 0 Å². The van der Waals surface area contributed by atoms with Gasteiger partial charge in [0, 0.05) is 23.3 Å². The van der Waals surface area contributed by atoms with Crippen molar-refractivity contribution < 1.29 is 12.8 Å². The van der Waals surface area contributed by atoms with Crippen LogP contribution in [0.5, 0.6) is 0 Å². The van der Waals surface area contributed by atoms with Gasteiger partial charge in [-0.25, -0.2) is 26.7 Å². The van der Waals surface area contributed by atoms with Crippen LogP contribution in [0, 0.1) is 12.7 Å². The number of aryl methyl sites for hydroxylation is 1. The molecule has 26 heavy (non-hydrogen) atoms. The fourth-order valence-electron chi connectivity index (χ4n) is 2.63. The molecular weight excluding hydrogens is 441 g/mol. The van der Waals surface area contributed by atoms with E-state index in [9.17, 15) is 12.8 Å². The number of rotatable bonds is 3. The zero-order chi connectivity index (χ0) is 18.5. The van der Waals surface area contributed by atoms with Crippen LogP contribution < -0.4 is 0 Å². The zero-order valence-corrected chi connectivity index (χ0v) is 16.6. The summed E-state index contributed by atoms with van der Waals surface area (Å²) in [5.41, 5.74) is 1.36. The topological polar surface area (TPSA) is 64.8 Å². The number of hydrogen-bond donors (Lipinski definition) is 0. The summed E-state index contributed by atoms with van der Waals surface area (Å²) in [5, 5.41) is 2.39. The normalized spacial score (nSPS) is 12.0. The van der Waals surface area contributed by atoms with Crippen LogP contribution in [-0.4, -0.2) is 22.4 Å². The van der Waals surface area contributed by atoms with Gasteiger partial charge in [0.15, 0.2) is 5.65 Å². The fourth-order valence-corrected chi connectivity index (χ4v) is 5.22. The lowest BCUT2D eigenvalue weighted by molar-refractivity contribution is 0.588. The van der Waals surface area contributed by atoms with Gasteiger partial charge in [0.2, 0.25) is 0 Å². The second-order valence-electron chi connectivity index (χ2n) is 5.62. The highest BCUT2D eigenvalue weighted by Crippen LogP contribution is 2.36. The van der Waals surface area contributed by atoms with E-state index in [-0.39, 0.29) is 15.9 Å². The Kier molecular flexibility index (Phi) is 4.17. The van der Waals surface area contributed by atoms with Crippen LogP contribution in [0.2, 0.25) is 0 Å². The molecule has 132 valence electrons.